The van der Waals surface area contributed by atoms with Gasteiger partial charge in [0.15, 0.2) is 0 Å². The van der Waals surface area contributed by atoms with Crippen LogP contribution in [0.4, 0.5) is 5.69 Å². The van der Waals surface area contributed by atoms with Gasteiger partial charge in [0, 0.05) is 30.9 Å². The number of benzene rings is 2. The molecule has 1 saturated heterocycles. The number of nitrogens with one attached hydrogen (secondary N) is 1. The van der Waals surface area contributed by atoms with Crippen LogP contribution in [0.25, 0.3) is 0 Å². The van der Waals surface area contributed by atoms with Crippen LogP contribution in [0, 0.1) is 0 Å². The third-order valence-corrected chi connectivity index (χ3v) is 7.03. The topological polar surface area (TPSA) is 69.7 Å². The third kappa shape index (κ3) is 6.08. The van der Waals surface area contributed by atoms with Crippen LogP contribution in [0.5, 0.6) is 0 Å². The van der Waals surface area contributed by atoms with Gasteiger partial charge in [0.25, 0.3) is 15.9 Å². The van der Waals surface area contributed by atoms with E-state index in [0.717, 1.165) is 44.6 Å². The van der Waals surface area contributed by atoms with E-state index in [2.05, 4.69) is 30.4 Å². The molecule has 2 aromatic rings. The fraction of sp³-hybridized carbons (Fsp3) is 0.458. The van der Waals surface area contributed by atoms with Crippen LogP contribution in [-0.2, 0) is 10.0 Å². The van der Waals surface area contributed by atoms with E-state index in [1.54, 1.807) is 36.4 Å². The van der Waals surface area contributed by atoms with E-state index in [1.165, 1.54) is 0 Å². The molecule has 1 N–H and O–H groups in total. The molecule has 0 spiro atoms. The van der Waals surface area contributed by atoms with Crippen molar-refractivity contribution in [2.24, 2.45) is 0 Å². The number of sulfonamides is 1. The molecule has 0 saturated carbocycles. The second-order valence-electron chi connectivity index (χ2n) is 8.40. The Hall–Kier alpha value is -2.38. The Morgan fingerprint density at radius 1 is 1.03 bits per heavy atom. The monoisotopic (exact) mass is 443 g/mol. The van der Waals surface area contributed by atoms with Crippen molar-refractivity contribution in [3.05, 3.63) is 59.7 Å². The summed E-state index contributed by atoms with van der Waals surface area (Å²) >= 11 is 0. The number of carbonyl (C=O) groups is 1. The van der Waals surface area contributed by atoms with Gasteiger partial charge in [-0.3, -0.25) is 9.52 Å². The first-order valence-corrected chi connectivity index (χ1v) is 12.5. The molecule has 0 aromatic heterocycles. The van der Waals surface area contributed by atoms with Crippen LogP contribution in [0.1, 0.15) is 55.5 Å². The molecule has 0 aliphatic carbocycles. The highest BCUT2D eigenvalue weighted by Crippen LogP contribution is 2.21. The summed E-state index contributed by atoms with van der Waals surface area (Å²) in [5.41, 5.74) is 1.97. The molecule has 1 amide bonds. The Balaban J connectivity index is 1.71. The quantitative estimate of drug-likeness (QED) is 0.697. The second-order valence-corrected chi connectivity index (χ2v) is 10.1. The zero-order chi connectivity index (χ0) is 22.4. The molecule has 0 atom stereocenters. The summed E-state index contributed by atoms with van der Waals surface area (Å²) in [6.45, 7) is 10.6. The molecule has 6 nitrogen and oxygen atoms in total. The molecule has 31 heavy (non-hydrogen) atoms. The summed E-state index contributed by atoms with van der Waals surface area (Å²) in [6.07, 6.45) is 2.06. The molecule has 1 aliphatic rings. The predicted molar refractivity (Wildman–Crippen MR) is 125 cm³/mol. The average Bonchev–Trinajstić information content (AvgIpc) is 2.99. The SMILES string of the molecule is CCCN1CCCN(C(=O)c2cccc(NS(=O)(=O)c3ccc(C(C)C)cc3)c2)CC1. The Labute approximate surface area is 186 Å². The third-order valence-electron chi connectivity index (χ3n) is 5.63. The second kappa shape index (κ2) is 10.3. The molecule has 1 aliphatic heterocycles. The maximum Gasteiger partial charge on any atom is 0.261 e. The molecule has 0 radical (unpaired) electrons. The molecule has 1 fully saturated rings. The zero-order valence-electron chi connectivity index (χ0n) is 18.7. The number of hydrogen-bond donors (Lipinski definition) is 1. The minimum Gasteiger partial charge on any atom is -0.337 e. The van der Waals surface area contributed by atoms with Crippen LogP contribution in [0.3, 0.4) is 0 Å². The highest BCUT2D eigenvalue weighted by atomic mass is 32.2. The predicted octanol–water partition coefficient (Wildman–Crippen LogP) is 4.17. The fourth-order valence-corrected chi connectivity index (χ4v) is 4.91. The van der Waals surface area contributed by atoms with Gasteiger partial charge in [-0.2, -0.15) is 0 Å². The molecule has 7 heteroatoms. The molecular formula is C24H33N3O3S. The van der Waals surface area contributed by atoms with Crippen molar-refractivity contribution in [3.63, 3.8) is 0 Å². The lowest BCUT2D eigenvalue weighted by atomic mass is 10.0. The summed E-state index contributed by atoms with van der Waals surface area (Å²) in [5.74, 6) is 0.279. The van der Waals surface area contributed by atoms with Gasteiger partial charge in [-0.25, -0.2) is 8.42 Å². The number of rotatable bonds is 7. The maximum absolute atomic E-state index is 13.0. The first-order chi connectivity index (χ1) is 14.8. The average molecular weight is 444 g/mol. The van der Waals surface area contributed by atoms with Gasteiger partial charge in [-0.05, 0) is 67.7 Å². The molecule has 1 heterocycles. The first kappa shape index (κ1) is 23.3. The van der Waals surface area contributed by atoms with Gasteiger partial charge >= 0.3 is 0 Å². The first-order valence-electron chi connectivity index (χ1n) is 11.0. The summed E-state index contributed by atoms with van der Waals surface area (Å²) in [4.78, 5) is 17.5. The van der Waals surface area contributed by atoms with Gasteiger partial charge in [-0.15, -0.1) is 0 Å². The van der Waals surface area contributed by atoms with Gasteiger partial charge in [0.05, 0.1) is 4.90 Å². The lowest BCUT2D eigenvalue weighted by Gasteiger charge is -2.22. The minimum absolute atomic E-state index is 0.0549. The van der Waals surface area contributed by atoms with E-state index < -0.39 is 10.0 Å². The van der Waals surface area contributed by atoms with E-state index in [1.807, 2.05) is 17.0 Å². The van der Waals surface area contributed by atoms with Crippen LogP contribution in [0.2, 0.25) is 0 Å². The van der Waals surface area contributed by atoms with Crippen LogP contribution in [-0.4, -0.2) is 56.8 Å². The molecular weight excluding hydrogens is 410 g/mol. The molecule has 168 valence electrons. The van der Waals surface area contributed by atoms with Crippen LogP contribution in [0.15, 0.2) is 53.4 Å². The smallest absolute Gasteiger partial charge is 0.261 e. The van der Waals surface area contributed by atoms with Crippen LogP contribution >= 0.6 is 0 Å². The number of amides is 1. The van der Waals surface area contributed by atoms with E-state index in [4.69, 9.17) is 0 Å². The molecule has 2 aromatic carbocycles. The molecule has 0 unspecified atom stereocenters. The largest absolute Gasteiger partial charge is 0.337 e. The van der Waals surface area contributed by atoms with Crippen molar-refractivity contribution in [2.75, 3.05) is 37.4 Å². The van der Waals surface area contributed by atoms with Crippen molar-refractivity contribution in [1.82, 2.24) is 9.80 Å². The Morgan fingerprint density at radius 2 is 1.77 bits per heavy atom. The van der Waals surface area contributed by atoms with Crippen molar-refractivity contribution < 1.29 is 13.2 Å². The van der Waals surface area contributed by atoms with Crippen molar-refractivity contribution in [3.8, 4) is 0 Å². The van der Waals surface area contributed by atoms with E-state index in [0.29, 0.717) is 23.7 Å². The van der Waals surface area contributed by atoms with Crippen molar-refractivity contribution in [1.29, 1.82) is 0 Å². The van der Waals surface area contributed by atoms with Crippen molar-refractivity contribution >= 4 is 21.6 Å². The molecule has 0 bridgehead atoms. The number of nitrogens with zero attached hydrogens (tertiary/aromatic N) is 2. The standard InChI is InChI=1S/C24H33N3O3S/c1-4-13-26-14-6-15-27(17-16-26)24(28)21-7-5-8-22(18-21)25-31(29,30)23-11-9-20(10-12-23)19(2)3/h5,7-12,18-19,25H,4,6,13-17H2,1-3H3. The zero-order valence-corrected chi connectivity index (χ0v) is 19.5. The van der Waals surface area contributed by atoms with Gasteiger partial charge < -0.3 is 9.80 Å². The summed E-state index contributed by atoms with van der Waals surface area (Å²) < 4.78 is 28.2. The molecule has 3 rings (SSSR count). The van der Waals surface area contributed by atoms with Crippen LogP contribution < -0.4 is 4.72 Å². The Morgan fingerprint density at radius 3 is 2.45 bits per heavy atom. The number of carbonyl (C=O) groups excluding carboxylic acids is 1. The normalized spacial score (nSPS) is 15.7. The minimum atomic E-state index is -3.72. The number of hydrogen-bond acceptors (Lipinski definition) is 4. The highest BCUT2D eigenvalue weighted by Gasteiger charge is 2.21. The summed E-state index contributed by atoms with van der Waals surface area (Å²) in [5, 5.41) is 0. The highest BCUT2D eigenvalue weighted by molar-refractivity contribution is 7.92. The van der Waals surface area contributed by atoms with Gasteiger partial charge in [-0.1, -0.05) is 39.0 Å². The van der Waals surface area contributed by atoms with E-state index in [-0.39, 0.29) is 10.8 Å². The van der Waals surface area contributed by atoms with Gasteiger partial charge in [0.2, 0.25) is 0 Å². The van der Waals surface area contributed by atoms with Gasteiger partial charge in [0.1, 0.15) is 0 Å². The number of anilines is 1. The van der Waals surface area contributed by atoms with E-state index >= 15 is 0 Å². The lowest BCUT2D eigenvalue weighted by Crippen LogP contribution is -2.35. The summed E-state index contributed by atoms with van der Waals surface area (Å²) in [7, 11) is -3.72. The van der Waals surface area contributed by atoms with E-state index in [9.17, 15) is 13.2 Å². The lowest BCUT2D eigenvalue weighted by molar-refractivity contribution is 0.0761. The fourth-order valence-electron chi connectivity index (χ4n) is 3.86. The Kier molecular flexibility index (Phi) is 7.73. The maximum atomic E-state index is 13.0. The Bertz CT molecular complexity index is 987. The summed E-state index contributed by atoms with van der Waals surface area (Å²) in [6, 6.07) is 13.7. The van der Waals surface area contributed by atoms with Crippen molar-refractivity contribution in [2.45, 2.75) is 44.4 Å².